The van der Waals surface area contributed by atoms with Gasteiger partial charge in [-0.2, -0.15) is 5.26 Å². The van der Waals surface area contributed by atoms with Crippen LogP contribution in [-0.4, -0.2) is 52.1 Å². The van der Waals surface area contributed by atoms with E-state index in [2.05, 4.69) is 15.3 Å². The summed E-state index contributed by atoms with van der Waals surface area (Å²) in [5.41, 5.74) is 0.746. The van der Waals surface area contributed by atoms with E-state index >= 15 is 0 Å². The maximum absolute atomic E-state index is 14.5. The Morgan fingerprint density at radius 3 is 2.71 bits per heavy atom. The topological polar surface area (TPSA) is 115 Å². The molecule has 3 aliphatic rings. The molecule has 3 fully saturated rings. The summed E-state index contributed by atoms with van der Waals surface area (Å²) in [4.78, 5) is 38.1. The molecule has 2 aliphatic heterocycles. The predicted molar refractivity (Wildman–Crippen MR) is 145 cm³/mol. The normalized spacial score (nSPS) is 23.5. The first-order chi connectivity index (χ1) is 20.1. The molecule has 1 aliphatic carbocycles. The van der Waals surface area contributed by atoms with Crippen LogP contribution in [0.25, 0.3) is 0 Å². The van der Waals surface area contributed by atoms with Crippen LogP contribution in [0, 0.1) is 17.1 Å². The van der Waals surface area contributed by atoms with Crippen molar-refractivity contribution in [3.63, 3.8) is 0 Å². The van der Waals surface area contributed by atoms with Crippen LogP contribution >= 0.6 is 11.6 Å². The van der Waals surface area contributed by atoms with Gasteiger partial charge in [0.1, 0.15) is 29.7 Å². The Morgan fingerprint density at radius 1 is 1.21 bits per heavy atom. The third-order valence-corrected chi connectivity index (χ3v) is 7.99. The van der Waals surface area contributed by atoms with Crippen LogP contribution in [0.1, 0.15) is 43.0 Å². The lowest BCUT2D eigenvalue weighted by Crippen LogP contribution is -2.54. The molecular weight excluding hydrogens is 573 g/mol. The number of benzene rings is 2. The van der Waals surface area contributed by atoms with Crippen LogP contribution < -0.4 is 15.1 Å². The summed E-state index contributed by atoms with van der Waals surface area (Å²) in [6.45, 7) is 0. The minimum absolute atomic E-state index is 0.0550. The second-order valence-corrected chi connectivity index (χ2v) is 10.9. The van der Waals surface area contributed by atoms with Crippen molar-refractivity contribution in [2.75, 3.05) is 9.80 Å². The van der Waals surface area contributed by atoms with Gasteiger partial charge in [-0.3, -0.25) is 14.5 Å². The number of nitriles is 1. The van der Waals surface area contributed by atoms with Crippen LogP contribution in [0.2, 0.25) is 5.02 Å². The average molecular weight is 597 g/mol. The third-order valence-electron chi connectivity index (χ3n) is 7.65. The molecule has 1 aromatic heterocycles. The molecule has 13 heteroatoms. The first-order valence-corrected chi connectivity index (χ1v) is 13.7. The van der Waals surface area contributed by atoms with Crippen molar-refractivity contribution in [1.82, 2.24) is 15.3 Å². The molecule has 1 saturated carbocycles. The highest BCUT2D eigenvalue weighted by Gasteiger charge is 2.57. The number of ether oxygens (including phenoxy) is 1. The fraction of sp³-hybridized carbons (Fsp3) is 0.345. The molecule has 2 aromatic carbocycles. The number of hydrogen-bond donors (Lipinski definition) is 1. The molecule has 9 nitrogen and oxygen atoms in total. The molecule has 0 radical (unpaired) electrons. The number of aromatic nitrogens is 2. The summed E-state index contributed by atoms with van der Waals surface area (Å²) in [7, 11) is 0. The number of amides is 2. The van der Waals surface area contributed by atoms with E-state index in [1.165, 1.54) is 35.4 Å². The zero-order valence-corrected chi connectivity index (χ0v) is 22.7. The summed E-state index contributed by atoms with van der Waals surface area (Å²) in [5.74, 6) is -4.22. The monoisotopic (exact) mass is 596 g/mol. The van der Waals surface area contributed by atoms with Crippen molar-refractivity contribution in [1.29, 1.82) is 5.26 Å². The van der Waals surface area contributed by atoms with E-state index < -0.39 is 60.9 Å². The van der Waals surface area contributed by atoms with Gasteiger partial charge in [0.15, 0.2) is 6.23 Å². The van der Waals surface area contributed by atoms with Gasteiger partial charge in [-0.25, -0.2) is 23.1 Å². The Bertz CT molecular complexity index is 1580. The largest absolute Gasteiger partial charge is 0.351 e. The second-order valence-electron chi connectivity index (χ2n) is 10.5. The zero-order valence-electron chi connectivity index (χ0n) is 22.0. The lowest BCUT2D eigenvalue weighted by atomic mass is 9.87. The standard InChI is InChI=1S/C29H24ClF3N6O3/c30-21-7-2-1-6-20(21)24(26(41)36-18-13-29(32,33)14-18)38(19-5-3-4-16(31)12-19)27-25(42-27)22-8-9-23(40)39(22)28-35-11-10-17(15-34)37-28/h1-7,10-12,18,22,24-25,27H,8-9,13-14H2,(H,36,41). The molecule has 3 aromatic rings. The summed E-state index contributed by atoms with van der Waals surface area (Å²) in [6, 6.07) is 13.1. The Labute approximate surface area is 243 Å². The smallest absolute Gasteiger partial charge is 0.252 e. The highest BCUT2D eigenvalue weighted by molar-refractivity contribution is 6.31. The van der Waals surface area contributed by atoms with Crippen molar-refractivity contribution < 1.29 is 27.5 Å². The number of epoxide rings is 1. The second kappa shape index (κ2) is 10.9. The molecule has 42 heavy (non-hydrogen) atoms. The fourth-order valence-electron chi connectivity index (χ4n) is 5.66. The predicted octanol–water partition coefficient (Wildman–Crippen LogP) is 4.52. The maximum Gasteiger partial charge on any atom is 0.252 e. The van der Waals surface area contributed by atoms with Gasteiger partial charge in [0.05, 0.1) is 6.04 Å². The molecule has 0 spiro atoms. The van der Waals surface area contributed by atoms with E-state index in [-0.39, 0.29) is 29.0 Å². The van der Waals surface area contributed by atoms with Gasteiger partial charge >= 0.3 is 0 Å². The quantitative estimate of drug-likeness (QED) is 0.380. The van der Waals surface area contributed by atoms with E-state index in [4.69, 9.17) is 16.3 Å². The third kappa shape index (κ3) is 5.37. The number of hydrogen-bond acceptors (Lipinski definition) is 7. The van der Waals surface area contributed by atoms with Crippen LogP contribution in [0.5, 0.6) is 0 Å². The molecule has 1 N–H and O–H groups in total. The van der Waals surface area contributed by atoms with Gasteiger partial charge in [-0.15, -0.1) is 0 Å². The minimum Gasteiger partial charge on any atom is -0.351 e. The number of anilines is 2. The average Bonchev–Trinajstić information content (AvgIpc) is 3.63. The molecule has 4 atom stereocenters. The number of nitrogens with zero attached hydrogens (tertiary/aromatic N) is 5. The van der Waals surface area contributed by atoms with Crippen molar-refractivity contribution >= 4 is 35.1 Å². The van der Waals surface area contributed by atoms with Crippen LogP contribution in [0.15, 0.2) is 60.8 Å². The number of rotatable bonds is 8. The molecule has 2 amide bonds. The molecule has 0 bridgehead atoms. The van der Waals surface area contributed by atoms with Gasteiger partial charge in [0.2, 0.25) is 17.8 Å². The van der Waals surface area contributed by atoms with Crippen LogP contribution in [-0.2, 0) is 14.3 Å². The highest BCUT2D eigenvalue weighted by Crippen LogP contribution is 2.45. The highest BCUT2D eigenvalue weighted by atomic mass is 35.5. The van der Waals surface area contributed by atoms with Gasteiger partial charge < -0.3 is 15.0 Å². The van der Waals surface area contributed by atoms with Gasteiger partial charge in [-0.1, -0.05) is 35.9 Å². The Hall–Kier alpha value is -4.21. The Morgan fingerprint density at radius 2 is 2.00 bits per heavy atom. The van der Waals surface area contributed by atoms with E-state index in [1.54, 1.807) is 35.2 Å². The van der Waals surface area contributed by atoms with Crippen molar-refractivity contribution in [2.24, 2.45) is 0 Å². The molecule has 3 heterocycles. The van der Waals surface area contributed by atoms with Crippen molar-refractivity contribution in [3.05, 3.63) is 82.9 Å². The van der Waals surface area contributed by atoms with E-state index in [0.717, 1.165) is 0 Å². The fourth-order valence-corrected chi connectivity index (χ4v) is 5.90. The number of carbonyl (C=O) groups excluding carboxylic acids is 2. The van der Waals surface area contributed by atoms with E-state index in [1.807, 2.05) is 6.07 Å². The molecule has 216 valence electrons. The summed E-state index contributed by atoms with van der Waals surface area (Å²) >= 11 is 6.56. The summed E-state index contributed by atoms with van der Waals surface area (Å²) < 4.78 is 47.9. The van der Waals surface area contributed by atoms with Crippen molar-refractivity contribution in [3.8, 4) is 6.07 Å². The Kier molecular flexibility index (Phi) is 7.24. The lowest BCUT2D eigenvalue weighted by molar-refractivity contribution is -0.130. The van der Waals surface area contributed by atoms with Gasteiger partial charge in [0.25, 0.3) is 5.92 Å². The molecule has 2 saturated heterocycles. The lowest BCUT2D eigenvalue weighted by Gasteiger charge is -2.38. The van der Waals surface area contributed by atoms with Gasteiger partial charge in [-0.05, 0) is 36.8 Å². The zero-order chi connectivity index (χ0) is 29.6. The molecular formula is C29H24ClF3N6O3. The van der Waals surface area contributed by atoms with E-state index in [9.17, 15) is 28.0 Å². The van der Waals surface area contributed by atoms with Gasteiger partial charge in [0, 0.05) is 47.8 Å². The number of nitrogens with one attached hydrogen (secondary N) is 1. The van der Waals surface area contributed by atoms with Crippen LogP contribution in [0.3, 0.4) is 0 Å². The number of halogens is 4. The maximum atomic E-state index is 14.5. The SMILES string of the molecule is N#Cc1ccnc(N2C(=O)CCC2C2OC2N(c2cccc(F)c2)C(C(=O)NC2CC(F)(F)C2)c2ccccc2Cl)n1. The molecule has 4 unspecified atom stereocenters. The van der Waals surface area contributed by atoms with Crippen LogP contribution in [0.4, 0.5) is 24.8 Å². The summed E-state index contributed by atoms with van der Waals surface area (Å²) in [5, 5.41) is 12.2. The summed E-state index contributed by atoms with van der Waals surface area (Å²) in [6.07, 6.45) is -0.511. The van der Waals surface area contributed by atoms with E-state index in [0.29, 0.717) is 17.7 Å². The molecule has 6 rings (SSSR count). The first kappa shape index (κ1) is 27.9. The number of carbonyl (C=O) groups is 2. The number of alkyl halides is 2. The Balaban J connectivity index is 1.37. The minimum atomic E-state index is -2.85. The van der Waals surface area contributed by atoms with Crippen molar-refractivity contribution in [2.45, 2.75) is 62.1 Å². The first-order valence-electron chi connectivity index (χ1n) is 13.3.